The molecule has 1 rings (SSSR count). The topological polar surface area (TPSA) is 9.23 Å². The van der Waals surface area contributed by atoms with Crippen LogP contribution in [0.5, 0.6) is 5.75 Å². The highest BCUT2D eigenvalue weighted by molar-refractivity contribution is 5.41. The van der Waals surface area contributed by atoms with E-state index in [1.54, 1.807) is 13.2 Å². The maximum absolute atomic E-state index is 5.45. The Balaban J connectivity index is 3.18. The molecular formula is C16H18O. The van der Waals surface area contributed by atoms with Gasteiger partial charge in [-0.2, -0.15) is 0 Å². The molecule has 1 aromatic rings. The molecule has 0 aliphatic heterocycles. The Bertz CT molecular complexity index is 449. The fourth-order valence-corrected chi connectivity index (χ4v) is 1.89. The number of methoxy groups -OCH3 is 1. The van der Waals surface area contributed by atoms with Gasteiger partial charge in [-0.05, 0) is 13.0 Å². The van der Waals surface area contributed by atoms with Crippen molar-refractivity contribution in [2.24, 2.45) is 0 Å². The monoisotopic (exact) mass is 226 g/mol. The van der Waals surface area contributed by atoms with E-state index < -0.39 is 0 Å². The SMILES string of the molecule is C#CC[C@H](/C(C)=C/C=C)c1ccccc1OC. The van der Waals surface area contributed by atoms with Crippen LogP contribution < -0.4 is 4.74 Å². The highest BCUT2D eigenvalue weighted by Gasteiger charge is 2.16. The van der Waals surface area contributed by atoms with Crippen molar-refractivity contribution < 1.29 is 4.74 Å². The number of ether oxygens (including phenoxy) is 1. The number of para-hydroxylation sites is 1. The summed E-state index contributed by atoms with van der Waals surface area (Å²) in [4.78, 5) is 0. The smallest absolute Gasteiger partial charge is 0.122 e. The summed E-state index contributed by atoms with van der Waals surface area (Å²) in [6.45, 7) is 5.79. The lowest BCUT2D eigenvalue weighted by Gasteiger charge is -2.18. The zero-order valence-electron chi connectivity index (χ0n) is 10.4. The van der Waals surface area contributed by atoms with Crippen LogP contribution in [0.15, 0.2) is 48.6 Å². The van der Waals surface area contributed by atoms with Crippen molar-refractivity contribution in [3.63, 3.8) is 0 Å². The largest absolute Gasteiger partial charge is 0.496 e. The second kappa shape index (κ2) is 6.60. The van der Waals surface area contributed by atoms with Gasteiger partial charge in [0.05, 0.1) is 7.11 Å². The third-order valence-corrected chi connectivity index (χ3v) is 2.77. The van der Waals surface area contributed by atoms with Gasteiger partial charge in [-0.15, -0.1) is 12.3 Å². The van der Waals surface area contributed by atoms with Gasteiger partial charge in [0.1, 0.15) is 5.75 Å². The molecule has 1 nitrogen and oxygen atoms in total. The first kappa shape index (κ1) is 13.1. The molecule has 0 bridgehead atoms. The van der Waals surface area contributed by atoms with Crippen LogP contribution >= 0.6 is 0 Å². The van der Waals surface area contributed by atoms with Crippen molar-refractivity contribution in [3.8, 4) is 18.1 Å². The van der Waals surface area contributed by atoms with Gasteiger partial charge >= 0.3 is 0 Å². The fourth-order valence-electron chi connectivity index (χ4n) is 1.89. The quantitative estimate of drug-likeness (QED) is 0.546. The van der Waals surface area contributed by atoms with Gasteiger partial charge in [-0.25, -0.2) is 0 Å². The van der Waals surface area contributed by atoms with Gasteiger partial charge in [-0.3, -0.25) is 0 Å². The lowest BCUT2D eigenvalue weighted by Crippen LogP contribution is -2.02. The normalized spacial score (nSPS) is 12.6. The van der Waals surface area contributed by atoms with Crippen LogP contribution in [-0.2, 0) is 0 Å². The summed E-state index contributed by atoms with van der Waals surface area (Å²) in [5, 5.41) is 0. The van der Waals surface area contributed by atoms with Crippen molar-refractivity contribution >= 4 is 0 Å². The molecule has 0 saturated heterocycles. The highest BCUT2D eigenvalue weighted by Crippen LogP contribution is 2.33. The van der Waals surface area contributed by atoms with Crippen LogP contribution in [0.3, 0.4) is 0 Å². The third kappa shape index (κ3) is 3.26. The van der Waals surface area contributed by atoms with Gasteiger partial charge in [0, 0.05) is 17.9 Å². The van der Waals surface area contributed by atoms with E-state index in [2.05, 4.69) is 25.5 Å². The highest BCUT2D eigenvalue weighted by atomic mass is 16.5. The third-order valence-electron chi connectivity index (χ3n) is 2.77. The number of terminal acetylenes is 1. The lowest BCUT2D eigenvalue weighted by atomic mass is 9.88. The van der Waals surface area contributed by atoms with E-state index in [0.717, 1.165) is 11.3 Å². The molecule has 0 radical (unpaired) electrons. The van der Waals surface area contributed by atoms with Crippen LogP contribution in [0.2, 0.25) is 0 Å². The number of benzene rings is 1. The molecule has 1 heteroatoms. The predicted molar refractivity (Wildman–Crippen MR) is 73.1 cm³/mol. The van der Waals surface area contributed by atoms with Gasteiger partial charge in [0.2, 0.25) is 0 Å². The van der Waals surface area contributed by atoms with Crippen molar-refractivity contribution in [3.05, 3.63) is 54.1 Å². The molecule has 0 aliphatic rings. The van der Waals surface area contributed by atoms with E-state index in [9.17, 15) is 0 Å². The van der Waals surface area contributed by atoms with Gasteiger partial charge < -0.3 is 4.74 Å². The number of hydrogen-bond acceptors (Lipinski definition) is 1. The molecule has 17 heavy (non-hydrogen) atoms. The Morgan fingerprint density at radius 2 is 2.24 bits per heavy atom. The molecule has 0 unspecified atom stereocenters. The number of hydrogen-bond donors (Lipinski definition) is 0. The van der Waals surface area contributed by atoms with Crippen LogP contribution in [0.4, 0.5) is 0 Å². The zero-order chi connectivity index (χ0) is 12.7. The van der Waals surface area contributed by atoms with E-state index in [-0.39, 0.29) is 5.92 Å². The fraction of sp³-hybridized carbons (Fsp3) is 0.250. The van der Waals surface area contributed by atoms with E-state index in [1.807, 2.05) is 24.3 Å². The Hall–Kier alpha value is -1.94. The first-order valence-corrected chi connectivity index (χ1v) is 5.60. The van der Waals surface area contributed by atoms with Gasteiger partial charge in [0.25, 0.3) is 0 Å². The molecule has 0 saturated carbocycles. The van der Waals surface area contributed by atoms with Crippen LogP contribution in [0.25, 0.3) is 0 Å². The van der Waals surface area contributed by atoms with E-state index in [4.69, 9.17) is 11.2 Å². The Morgan fingerprint density at radius 1 is 1.53 bits per heavy atom. The lowest BCUT2D eigenvalue weighted by molar-refractivity contribution is 0.407. The van der Waals surface area contributed by atoms with E-state index in [1.165, 1.54) is 5.57 Å². The van der Waals surface area contributed by atoms with E-state index in [0.29, 0.717) is 6.42 Å². The Kier molecular flexibility index (Phi) is 5.10. The molecule has 1 aromatic carbocycles. The van der Waals surface area contributed by atoms with Gasteiger partial charge in [-0.1, -0.05) is 42.5 Å². The minimum Gasteiger partial charge on any atom is -0.496 e. The summed E-state index contributed by atoms with van der Waals surface area (Å²) in [5.41, 5.74) is 2.33. The second-order valence-corrected chi connectivity index (χ2v) is 3.85. The summed E-state index contributed by atoms with van der Waals surface area (Å²) < 4.78 is 5.38. The molecule has 1 atom stereocenters. The van der Waals surface area contributed by atoms with Crippen molar-refractivity contribution in [1.29, 1.82) is 0 Å². The Labute approximate surface area is 104 Å². The second-order valence-electron chi connectivity index (χ2n) is 3.85. The standard InChI is InChI=1S/C16H18O/c1-5-9-13(3)14(10-6-2)15-11-7-8-12-16(15)17-4/h2,5,7-9,11-12,14H,1,10H2,3-4H3/b13-9+/t14-/m1/s1. The maximum Gasteiger partial charge on any atom is 0.122 e. The first-order valence-electron chi connectivity index (χ1n) is 5.60. The average molecular weight is 226 g/mol. The molecule has 0 fully saturated rings. The van der Waals surface area contributed by atoms with Crippen molar-refractivity contribution in [1.82, 2.24) is 0 Å². The summed E-state index contributed by atoms with van der Waals surface area (Å²) in [5.74, 6) is 3.79. The molecule has 0 aliphatic carbocycles. The minimum atomic E-state index is 0.189. The zero-order valence-corrected chi connectivity index (χ0v) is 10.4. The first-order chi connectivity index (χ1) is 8.24. The maximum atomic E-state index is 5.45. The van der Waals surface area contributed by atoms with Gasteiger partial charge in [0.15, 0.2) is 0 Å². The summed E-state index contributed by atoms with van der Waals surface area (Å²) >= 11 is 0. The average Bonchev–Trinajstić information content (AvgIpc) is 2.36. The predicted octanol–water partition coefficient (Wildman–Crippen LogP) is 3.93. The molecule has 88 valence electrons. The molecule has 0 N–H and O–H groups in total. The molecule has 0 amide bonds. The molecule has 0 spiro atoms. The molecule has 0 aromatic heterocycles. The van der Waals surface area contributed by atoms with Crippen LogP contribution in [0.1, 0.15) is 24.8 Å². The number of rotatable bonds is 5. The van der Waals surface area contributed by atoms with Crippen LogP contribution in [-0.4, -0.2) is 7.11 Å². The number of allylic oxidation sites excluding steroid dienone is 3. The van der Waals surface area contributed by atoms with Crippen molar-refractivity contribution in [2.45, 2.75) is 19.3 Å². The summed E-state index contributed by atoms with van der Waals surface area (Å²) in [7, 11) is 1.68. The minimum absolute atomic E-state index is 0.189. The van der Waals surface area contributed by atoms with Crippen molar-refractivity contribution in [2.75, 3.05) is 7.11 Å². The summed E-state index contributed by atoms with van der Waals surface area (Å²) in [6, 6.07) is 7.98. The van der Waals surface area contributed by atoms with Crippen LogP contribution in [0, 0.1) is 12.3 Å². The summed E-state index contributed by atoms with van der Waals surface area (Å²) in [6.07, 6.45) is 9.89. The Morgan fingerprint density at radius 3 is 2.82 bits per heavy atom. The van der Waals surface area contributed by atoms with E-state index >= 15 is 0 Å². The molecular weight excluding hydrogens is 208 g/mol. The molecule has 0 heterocycles.